The van der Waals surface area contributed by atoms with E-state index in [4.69, 9.17) is 0 Å². The fourth-order valence-electron chi connectivity index (χ4n) is 9.14. The molecule has 7 aromatic carbocycles. The van der Waals surface area contributed by atoms with Crippen molar-refractivity contribution >= 4 is 89.5 Å². The van der Waals surface area contributed by atoms with Gasteiger partial charge in [0.25, 0.3) is 0 Å². The first-order valence-electron chi connectivity index (χ1n) is 21.0. The van der Waals surface area contributed by atoms with E-state index in [0.29, 0.717) is 0 Å². The summed E-state index contributed by atoms with van der Waals surface area (Å²) < 4.78 is 5.07. The average Bonchev–Trinajstić information content (AvgIpc) is 3.73. The Kier molecular flexibility index (Phi) is 10.3. The van der Waals surface area contributed by atoms with Crippen molar-refractivity contribution in [2.24, 2.45) is 0 Å². The maximum absolute atomic E-state index is 2.53. The van der Waals surface area contributed by atoms with Gasteiger partial charge in [-0.25, -0.2) is 0 Å². The lowest BCUT2D eigenvalue weighted by molar-refractivity contribution is 0.602. The maximum Gasteiger partial charge on any atom is 0.0491 e. The van der Waals surface area contributed by atoms with Gasteiger partial charge < -0.3 is 9.13 Å². The number of hydrogen-bond donors (Lipinski definition) is 0. The number of fused-ring (bicyclic) bond motifs is 8. The van der Waals surface area contributed by atoms with Crippen LogP contribution in [0.15, 0.2) is 133 Å². The van der Waals surface area contributed by atoms with Gasteiger partial charge in [-0.2, -0.15) is 0 Å². The molecule has 0 bridgehead atoms. The van der Waals surface area contributed by atoms with Crippen LogP contribution in [-0.4, -0.2) is 9.13 Å². The van der Waals surface area contributed by atoms with Gasteiger partial charge in [0.05, 0.1) is 0 Å². The molecular formula is C54H52N2. The molecule has 2 aromatic heterocycles. The van der Waals surface area contributed by atoms with Crippen LogP contribution in [0.25, 0.3) is 89.5 Å². The standard InChI is InChI=1S/C54H52N2/c1-3-5-7-17-35-55-51-25-15-13-23-47(51)49-37-39(29-33-53(49)55)27-31-45-41-19-9-11-21-43(41)46(44-22-12-10-20-42(44)45)32-28-40-30-34-54-50(38-40)48-24-14-16-26-52(48)56(54)36-18-8-6-4-2/h9-16,19-34,37-38H,3-8,17-18,35-36H2,1-2H3/b31-27+,32-28+. The minimum absolute atomic E-state index is 1.07. The molecule has 0 radical (unpaired) electrons. The summed E-state index contributed by atoms with van der Waals surface area (Å²) in [5.41, 5.74) is 10.3. The van der Waals surface area contributed by atoms with Gasteiger partial charge in [-0.3, -0.25) is 0 Å². The number of aryl methyl sites for hydroxylation is 2. The smallest absolute Gasteiger partial charge is 0.0491 e. The molecular weight excluding hydrogens is 677 g/mol. The third kappa shape index (κ3) is 6.72. The van der Waals surface area contributed by atoms with Crippen LogP contribution < -0.4 is 0 Å². The molecule has 0 spiro atoms. The zero-order valence-electron chi connectivity index (χ0n) is 33.0. The second-order valence-corrected chi connectivity index (χ2v) is 15.6. The first-order valence-corrected chi connectivity index (χ1v) is 21.0. The number of para-hydroxylation sites is 2. The third-order valence-electron chi connectivity index (χ3n) is 12.0. The number of hydrogen-bond acceptors (Lipinski definition) is 0. The fraction of sp³-hybridized carbons (Fsp3) is 0.222. The van der Waals surface area contributed by atoms with Gasteiger partial charge in [-0.15, -0.1) is 0 Å². The van der Waals surface area contributed by atoms with Crippen molar-refractivity contribution in [2.45, 2.75) is 78.3 Å². The third-order valence-corrected chi connectivity index (χ3v) is 12.0. The Hall–Kier alpha value is -5.86. The van der Waals surface area contributed by atoms with E-state index in [9.17, 15) is 0 Å². The van der Waals surface area contributed by atoms with Crippen molar-refractivity contribution in [1.29, 1.82) is 0 Å². The fourth-order valence-corrected chi connectivity index (χ4v) is 9.14. The predicted molar refractivity (Wildman–Crippen MR) is 246 cm³/mol. The predicted octanol–water partition coefficient (Wildman–Crippen LogP) is 15.7. The number of unbranched alkanes of at least 4 members (excludes halogenated alkanes) is 6. The van der Waals surface area contributed by atoms with E-state index in [1.54, 1.807) is 0 Å². The monoisotopic (exact) mass is 728 g/mol. The van der Waals surface area contributed by atoms with Crippen molar-refractivity contribution < 1.29 is 0 Å². The van der Waals surface area contributed by atoms with Crippen LogP contribution in [0.1, 0.15) is 87.5 Å². The number of benzene rings is 7. The topological polar surface area (TPSA) is 9.86 Å². The molecule has 0 fully saturated rings. The van der Waals surface area contributed by atoms with Gasteiger partial charge in [0, 0.05) is 56.7 Å². The minimum Gasteiger partial charge on any atom is -0.340 e. The molecule has 0 aliphatic heterocycles. The number of nitrogens with zero attached hydrogens (tertiary/aromatic N) is 2. The molecule has 2 heteroatoms. The SMILES string of the molecule is CCCCCCn1c2ccccc2c2cc(/C=C/c3c4ccccc4c(/C=C/c4ccc5c(c4)c4ccccc4n5CCCCCC)c4ccccc34)ccc21. The summed E-state index contributed by atoms with van der Waals surface area (Å²) in [6.07, 6.45) is 19.4. The molecule has 278 valence electrons. The van der Waals surface area contributed by atoms with Crippen LogP contribution in [0.3, 0.4) is 0 Å². The molecule has 2 nitrogen and oxygen atoms in total. The number of aromatic nitrogens is 2. The molecule has 0 aliphatic carbocycles. The summed E-state index contributed by atoms with van der Waals surface area (Å²) >= 11 is 0. The molecule has 0 saturated heterocycles. The Balaban J connectivity index is 1.08. The highest BCUT2D eigenvalue weighted by Crippen LogP contribution is 2.37. The van der Waals surface area contributed by atoms with Gasteiger partial charge in [0.1, 0.15) is 0 Å². The lowest BCUT2D eigenvalue weighted by Gasteiger charge is -2.13. The first-order chi connectivity index (χ1) is 27.7. The van der Waals surface area contributed by atoms with Crippen LogP contribution in [0.4, 0.5) is 0 Å². The highest BCUT2D eigenvalue weighted by molar-refractivity contribution is 6.15. The quantitative estimate of drug-likeness (QED) is 0.0599. The van der Waals surface area contributed by atoms with E-state index >= 15 is 0 Å². The van der Waals surface area contributed by atoms with Crippen LogP contribution >= 0.6 is 0 Å². The van der Waals surface area contributed by atoms with E-state index in [0.717, 1.165) is 13.1 Å². The van der Waals surface area contributed by atoms with Crippen LogP contribution in [0.2, 0.25) is 0 Å². The van der Waals surface area contributed by atoms with Gasteiger partial charge in [-0.05, 0) is 93.0 Å². The largest absolute Gasteiger partial charge is 0.340 e. The zero-order chi connectivity index (χ0) is 37.8. The van der Waals surface area contributed by atoms with Crippen molar-refractivity contribution in [1.82, 2.24) is 9.13 Å². The second kappa shape index (κ2) is 16.1. The molecule has 9 rings (SSSR count). The lowest BCUT2D eigenvalue weighted by atomic mass is 9.90. The van der Waals surface area contributed by atoms with Crippen molar-refractivity contribution in [3.8, 4) is 0 Å². The van der Waals surface area contributed by atoms with E-state index in [1.807, 2.05) is 0 Å². The van der Waals surface area contributed by atoms with E-state index in [-0.39, 0.29) is 0 Å². The summed E-state index contributed by atoms with van der Waals surface area (Å²) in [4.78, 5) is 0. The van der Waals surface area contributed by atoms with Crippen molar-refractivity contribution in [2.75, 3.05) is 0 Å². The van der Waals surface area contributed by atoms with Gasteiger partial charge in [0.2, 0.25) is 0 Å². The second-order valence-electron chi connectivity index (χ2n) is 15.6. The van der Waals surface area contributed by atoms with Gasteiger partial charge in [-0.1, -0.05) is 174 Å². The molecule has 0 saturated carbocycles. The Morgan fingerprint density at radius 1 is 0.339 bits per heavy atom. The molecule has 2 heterocycles. The van der Waals surface area contributed by atoms with E-state index < -0.39 is 0 Å². The minimum atomic E-state index is 1.07. The lowest BCUT2D eigenvalue weighted by Crippen LogP contribution is -1.97. The summed E-state index contributed by atoms with van der Waals surface area (Å²) in [5.74, 6) is 0. The molecule has 0 amide bonds. The summed E-state index contributed by atoms with van der Waals surface area (Å²) in [5, 5.41) is 10.4. The molecule has 9 aromatic rings. The van der Waals surface area contributed by atoms with Crippen molar-refractivity contribution in [3.63, 3.8) is 0 Å². The van der Waals surface area contributed by atoms with E-state index in [1.165, 1.54) is 139 Å². The summed E-state index contributed by atoms with van der Waals surface area (Å²) in [7, 11) is 0. The van der Waals surface area contributed by atoms with Gasteiger partial charge >= 0.3 is 0 Å². The van der Waals surface area contributed by atoms with Crippen LogP contribution in [0.5, 0.6) is 0 Å². The maximum atomic E-state index is 2.53. The summed E-state index contributed by atoms with van der Waals surface area (Å²) in [6.45, 7) is 6.70. The normalized spacial score (nSPS) is 12.3. The van der Waals surface area contributed by atoms with Crippen LogP contribution in [-0.2, 0) is 13.1 Å². The van der Waals surface area contributed by atoms with Gasteiger partial charge in [0.15, 0.2) is 0 Å². The van der Waals surface area contributed by atoms with Crippen LogP contribution in [0, 0.1) is 0 Å². The number of rotatable bonds is 14. The molecule has 0 atom stereocenters. The highest BCUT2D eigenvalue weighted by atomic mass is 15.0. The summed E-state index contributed by atoms with van der Waals surface area (Å²) in [6, 6.07) is 49.7. The molecule has 0 unspecified atom stereocenters. The first kappa shape index (κ1) is 35.8. The molecule has 0 aliphatic rings. The zero-order valence-corrected chi connectivity index (χ0v) is 33.0. The Morgan fingerprint density at radius 2 is 0.696 bits per heavy atom. The average molecular weight is 729 g/mol. The van der Waals surface area contributed by atoms with E-state index in [2.05, 4.69) is 181 Å². The Morgan fingerprint density at radius 3 is 1.09 bits per heavy atom. The highest BCUT2D eigenvalue weighted by Gasteiger charge is 2.14. The molecule has 0 N–H and O–H groups in total. The molecule has 56 heavy (non-hydrogen) atoms. The van der Waals surface area contributed by atoms with Crippen molar-refractivity contribution in [3.05, 3.63) is 156 Å². The Labute approximate surface area is 331 Å². The Bertz CT molecular complexity index is 2640.